The summed E-state index contributed by atoms with van der Waals surface area (Å²) in [4.78, 5) is 33.8. The summed E-state index contributed by atoms with van der Waals surface area (Å²) in [6.07, 6.45) is 12.1. The van der Waals surface area contributed by atoms with E-state index in [4.69, 9.17) is 0 Å². The summed E-state index contributed by atoms with van der Waals surface area (Å²) >= 11 is 1.58. The lowest BCUT2D eigenvalue weighted by atomic mass is 9.95. The molecule has 0 spiro atoms. The van der Waals surface area contributed by atoms with Gasteiger partial charge in [0.15, 0.2) is 0 Å². The van der Waals surface area contributed by atoms with E-state index in [1.165, 1.54) is 19.3 Å². The molecule has 0 radical (unpaired) electrons. The Hall–Kier alpha value is -2.60. The summed E-state index contributed by atoms with van der Waals surface area (Å²) < 4.78 is 0. The van der Waals surface area contributed by atoms with Gasteiger partial charge < -0.3 is 15.2 Å². The molecule has 2 aliphatic carbocycles. The molecule has 2 amide bonds. The summed E-state index contributed by atoms with van der Waals surface area (Å²) in [5.74, 6) is 0.0346. The number of carbonyl (C=O) groups is 2. The first-order valence-corrected chi connectivity index (χ1v) is 13.3. The van der Waals surface area contributed by atoms with Crippen molar-refractivity contribution in [2.24, 2.45) is 0 Å². The van der Waals surface area contributed by atoms with Gasteiger partial charge in [-0.15, -0.1) is 11.3 Å². The lowest BCUT2D eigenvalue weighted by Crippen LogP contribution is -2.50. The zero-order valence-corrected chi connectivity index (χ0v) is 19.9. The zero-order chi connectivity index (χ0) is 22.6. The van der Waals surface area contributed by atoms with E-state index >= 15 is 0 Å². The van der Waals surface area contributed by atoms with Gasteiger partial charge in [-0.3, -0.25) is 9.59 Å². The fraction of sp³-hybridized carbons (Fsp3) is 0.481. The molecule has 174 valence electrons. The summed E-state index contributed by atoms with van der Waals surface area (Å²) in [5.41, 5.74) is 2.04. The lowest BCUT2D eigenvalue weighted by molar-refractivity contribution is -0.143. The maximum absolute atomic E-state index is 13.9. The van der Waals surface area contributed by atoms with Crippen LogP contribution in [0.25, 0.3) is 10.9 Å². The molecule has 6 heteroatoms. The van der Waals surface area contributed by atoms with E-state index in [-0.39, 0.29) is 23.9 Å². The Morgan fingerprint density at radius 3 is 2.52 bits per heavy atom. The van der Waals surface area contributed by atoms with Gasteiger partial charge in [-0.2, -0.15) is 0 Å². The van der Waals surface area contributed by atoms with E-state index in [1.807, 2.05) is 46.8 Å². The van der Waals surface area contributed by atoms with Gasteiger partial charge in [-0.25, -0.2) is 0 Å². The fourth-order valence-corrected chi connectivity index (χ4v) is 6.46. The molecule has 0 saturated heterocycles. The van der Waals surface area contributed by atoms with Crippen molar-refractivity contribution in [2.75, 3.05) is 0 Å². The van der Waals surface area contributed by atoms with E-state index in [9.17, 15) is 9.59 Å². The van der Waals surface area contributed by atoms with Crippen LogP contribution in [0.3, 0.4) is 0 Å². The van der Waals surface area contributed by atoms with Crippen molar-refractivity contribution in [1.29, 1.82) is 0 Å². The summed E-state index contributed by atoms with van der Waals surface area (Å²) in [5, 5.41) is 6.41. The van der Waals surface area contributed by atoms with Crippen molar-refractivity contribution in [3.8, 4) is 0 Å². The number of aromatic amines is 1. The molecule has 0 aliphatic heterocycles. The Bertz CT molecular complexity index is 1080. The SMILES string of the molecule is O=C(NC1CCCCC1)C(c1cccs1)N(C(=O)Cc1c[nH]c2ccccc12)C1CCCC1. The standard InChI is InChI=1S/C27H33N3O2S/c31-25(17-19-18-28-23-14-7-6-13-22(19)23)30(21-11-4-5-12-21)26(24-15-8-16-33-24)27(32)29-20-9-2-1-3-10-20/h6-8,13-16,18,20-21,26,28H,1-5,9-12,17H2,(H,29,32). The maximum Gasteiger partial charge on any atom is 0.248 e. The minimum Gasteiger partial charge on any atom is -0.361 e. The summed E-state index contributed by atoms with van der Waals surface area (Å²) in [6.45, 7) is 0. The van der Waals surface area contributed by atoms with E-state index in [0.717, 1.165) is 59.9 Å². The molecule has 5 rings (SSSR count). The number of para-hydroxylation sites is 1. The molecule has 5 nitrogen and oxygen atoms in total. The molecule has 0 bridgehead atoms. The van der Waals surface area contributed by atoms with Gasteiger partial charge in [-0.1, -0.05) is 56.4 Å². The third-order valence-corrected chi connectivity index (χ3v) is 8.24. The van der Waals surface area contributed by atoms with Gasteiger partial charge in [0.1, 0.15) is 6.04 Å². The lowest BCUT2D eigenvalue weighted by Gasteiger charge is -2.36. The topological polar surface area (TPSA) is 65.2 Å². The van der Waals surface area contributed by atoms with E-state index in [0.29, 0.717) is 6.42 Å². The molecule has 2 fully saturated rings. The third-order valence-electron chi connectivity index (χ3n) is 7.31. The second-order valence-electron chi connectivity index (χ2n) is 9.54. The van der Waals surface area contributed by atoms with E-state index in [1.54, 1.807) is 11.3 Å². The normalized spacial score (nSPS) is 18.4. The predicted octanol–water partition coefficient (Wildman–Crippen LogP) is 5.73. The quantitative estimate of drug-likeness (QED) is 0.470. The number of nitrogens with zero attached hydrogens (tertiary/aromatic N) is 1. The second-order valence-corrected chi connectivity index (χ2v) is 10.5. The number of amides is 2. The van der Waals surface area contributed by atoms with Crippen molar-refractivity contribution in [3.63, 3.8) is 0 Å². The van der Waals surface area contributed by atoms with Gasteiger partial charge in [0.2, 0.25) is 11.8 Å². The van der Waals surface area contributed by atoms with Crippen LogP contribution in [-0.4, -0.2) is 33.8 Å². The first-order valence-electron chi connectivity index (χ1n) is 12.4. The van der Waals surface area contributed by atoms with Crippen LogP contribution in [0.2, 0.25) is 0 Å². The smallest absolute Gasteiger partial charge is 0.248 e. The van der Waals surface area contributed by atoms with Crippen LogP contribution in [0.1, 0.15) is 74.3 Å². The highest BCUT2D eigenvalue weighted by molar-refractivity contribution is 7.10. The highest BCUT2D eigenvalue weighted by Crippen LogP contribution is 2.35. The first-order chi connectivity index (χ1) is 16.2. The average Bonchev–Trinajstić information content (AvgIpc) is 3.61. The number of H-pyrrole nitrogens is 1. The van der Waals surface area contributed by atoms with Gasteiger partial charge in [0.25, 0.3) is 0 Å². The molecule has 33 heavy (non-hydrogen) atoms. The number of aromatic nitrogens is 1. The monoisotopic (exact) mass is 463 g/mol. The van der Waals surface area contributed by atoms with E-state index in [2.05, 4.69) is 16.4 Å². The van der Waals surface area contributed by atoms with Crippen LogP contribution in [0.15, 0.2) is 48.0 Å². The highest BCUT2D eigenvalue weighted by Gasteiger charge is 2.38. The summed E-state index contributed by atoms with van der Waals surface area (Å²) in [6, 6.07) is 11.9. The van der Waals surface area contributed by atoms with Crippen LogP contribution in [0.4, 0.5) is 0 Å². The molecule has 1 unspecified atom stereocenters. The minimum absolute atomic E-state index is 0.0106. The van der Waals surface area contributed by atoms with Crippen molar-refractivity contribution in [3.05, 3.63) is 58.4 Å². The number of fused-ring (bicyclic) bond motifs is 1. The molecular weight excluding hydrogens is 430 g/mol. The van der Waals surface area contributed by atoms with Crippen molar-refractivity contribution in [2.45, 2.75) is 82.3 Å². The molecule has 2 saturated carbocycles. The third kappa shape index (κ3) is 4.86. The Balaban J connectivity index is 1.45. The second kappa shape index (κ2) is 10.1. The molecule has 2 aliphatic rings. The predicted molar refractivity (Wildman–Crippen MR) is 133 cm³/mol. The number of carbonyl (C=O) groups excluding carboxylic acids is 2. The van der Waals surface area contributed by atoms with Crippen molar-refractivity contribution < 1.29 is 9.59 Å². The highest BCUT2D eigenvalue weighted by atomic mass is 32.1. The number of nitrogens with one attached hydrogen (secondary N) is 2. The molecule has 1 atom stereocenters. The number of rotatable bonds is 7. The van der Waals surface area contributed by atoms with Gasteiger partial charge in [0.05, 0.1) is 6.42 Å². The molecule has 2 heterocycles. The van der Waals surface area contributed by atoms with Gasteiger partial charge in [0, 0.05) is 34.1 Å². The first kappa shape index (κ1) is 22.2. The van der Waals surface area contributed by atoms with Crippen molar-refractivity contribution in [1.82, 2.24) is 15.2 Å². The Kier molecular flexibility index (Phi) is 6.81. The van der Waals surface area contributed by atoms with Crippen molar-refractivity contribution >= 4 is 34.1 Å². The van der Waals surface area contributed by atoms with Crippen LogP contribution in [0, 0.1) is 0 Å². The molecule has 2 aromatic heterocycles. The Labute approximate surface area is 199 Å². The van der Waals surface area contributed by atoms with Gasteiger partial charge in [-0.05, 0) is 48.8 Å². The van der Waals surface area contributed by atoms with Gasteiger partial charge >= 0.3 is 0 Å². The largest absolute Gasteiger partial charge is 0.361 e. The number of benzene rings is 1. The number of hydrogen-bond acceptors (Lipinski definition) is 3. The molecule has 3 aromatic rings. The Morgan fingerprint density at radius 2 is 1.76 bits per heavy atom. The maximum atomic E-state index is 13.9. The number of thiophene rings is 1. The van der Waals surface area contributed by atoms with Crippen LogP contribution < -0.4 is 5.32 Å². The fourth-order valence-electron chi connectivity index (χ4n) is 5.64. The minimum atomic E-state index is -0.548. The molecule has 2 N–H and O–H groups in total. The molecular formula is C27H33N3O2S. The van der Waals surface area contributed by atoms with Crippen LogP contribution in [-0.2, 0) is 16.0 Å². The Morgan fingerprint density at radius 1 is 1.00 bits per heavy atom. The number of hydrogen-bond donors (Lipinski definition) is 2. The summed E-state index contributed by atoms with van der Waals surface area (Å²) in [7, 11) is 0. The average molecular weight is 464 g/mol. The zero-order valence-electron chi connectivity index (χ0n) is 19.1. The van der Waals surface area contributed by atoms with E-state index < -0.39 is 6.04 Å². The van der Waals surface area contributed by atoms with Crippen LogP contribution >= 0.6 is 11.3 Å². The van der Waals surface area contributed by atoms with Crippen LogP contribution in [0.5, 0.6) is 0 Å². The molecule has 1 aromatic carbocycles.